The van der Waals surface area contributed by atoms with Crippen molar-refractivity contribution >= 4 is 0 Å². The molecule has 0 atom stereocenters. The first-order valence-corrected chi connectivity index (χ1v) is 6.88. The van der Waals surface area contributed by atoms with Gasteiger partial charge in [0.05, 0.1) is 6.54 Å². The Morgan fingerprint density at radius 2 is 2.00 bits per heavy atom. The Morgan fingerprint density at radius 1 is 1.15 bits per heavy atom. The van der Waals surface area contributed by atoms with E-state index >= 15 is 0 Å². The molecule has 1 aromatic heterocycles. The topological polar surface area (TPSA) is 48.0 Å². The van der Waals surface area contributed by atoms with E-state index < -0.39 is 0 Å². The molecule has 3 rings (SSSR count). The van der Waals surface area contributed by atoms with Crippen molar-refractivity contribution in [3.8, 4) is 0 Å². The highest BCUT2D eigenvalue weighted by Crippen LogP contribution is 2.21. The summed E-state index contributed by atoms with van der Waals surface area (Å²) in [5, 5.41) is 0. The molecular weight excluding hydrogens is 255 g/mol. The van der Waals surface area contributed by atoms with Gasteiger partial charge in [-0.05, 0) is 48.1 Å². The fraction of sp³-hybridized carbons (Fsp3) is 0.312. The molecule has 0 saturated heterocycles. The Morgan fingerprint density at radius 3 is 2.80 bits per heavy atom. The van der Waals surface area contributed by atoms with Gasteiger partial charge in [0.1, 0.15) is 5.82 Å². The van der Waals surface area contributed by atoms with Crippen LogP contribution in [0.4, 0.5) is 4.39 Å². The van der Waals surface area contributed by atoms with E-state index in [1.807, 2.05) is 6.07 Å². The Kier molecular flexibility index (Phi) is 3.40. The van der Waals surface area contributed by atoms with Crippen LogP contribution < -0.4 is 11.3 Å². The van der Waals surface area contributed by atoms with Crippen LogP contribution in [0, 0.1) is 5.82 Å². The number of nitrogens with two attached hydrogens (primary N) is 1. The molecule has 0 spiro atoms. The smallest absolute Gasteiger partial charge is 0.251 e. The van der Waals surface area contributed by atoms with Crippen molar-refractivity contribution in [2.45, 2.75) is 32.4 Å². The maximum Gasteiger partial charge on any atom is 0.251 e. The highest BCUT2D eigenvalue weighted by atomic mass is 19.1. The largest absolute Gasteiger partial charge is 0.326 e. The van der Waals surface area contributed by atoms with E-state index in [1.54, 1.807) is 16.7 Å². The lowest BCUT2D eigenvalue weighted by atomic mass is 10.1. The van der Waals surface area contributed by atoms with Crippen molar-refractivity contribution in [3.05, 3.63) is 68.9 Å². The van der Waals surface area contributed by atoms with Crippen molar-refractivity contribution < 1.29 is 4.39 Å². The van der Waals surface area contributed by atoms with Gasteiger partial charge < -0.3 is 10.3 Å². The molecule has 0 bridgehead atoms. The summed E-state index contributed by atoms with van der Waals surface area (Å²) < 4.78 is 15.0. The van der Waals surface area contributed by atoms with Gasteiger partial charge in [0, 0.05) is 18.3 Å². The summed E-state index contributed by atoms with van der Waals surface area (Å²) in [6.45, 7) is 0.742. The Balaban J connectivity index is 2.04. The molecular formula is C16H17FN2O. The van der Waals surface area contributed by atoms with Crippen LogP contribution in [0.5, 0.6) is 0 Å². The summed E-state index contributed by atoms with van der Waals surface area (Å²) in [5.74, 6) is -0.292. The molecule has 3 nitrogen and oxygen atoms in total. The maximum absolute atomic E-state index is 13.2. The summed E-state index contributed by atoms with van der Waals surface area (Å²) in [7, 11) is 0. The van der Waals surface area contributed by atoms with Gasteiger partial charge in [0.2, 0.25) is 0 Å². The van der Waals surface area contributed by atoms with E-state index in [-0.39, 0.29) is 17.9 Å². The Hall–Kier alpha value is -1.94. The first kappa shape index (κ1) is 13.1. The summed E-state index contributed by atoms with van der Waals surface area (Å²) in [4.78, 5) is 12.1. The van der Waals surface area contributed by atoms with Crippen LogP contribution in [-0.4, -0.2) is 4.57 Å². The van der Waals surface area contributed by atoms with E-state index in [0.717, 1.165) is 36.1 Å². The molecule has 2 aromatic rings. The SMILES string of the molecule is NCc1cc(F)ccc1Cn1c2c(ccc1=O)CCC2. The van der Waals surface area contributed by atoms with Crippen LogP contribution in [0.15, 0.2) is 35.1 Å². The van der Waals surface area contributed by atoms with Crippen LogP contribution in [0.2, 0.25) is 0 Å². The molecule has 104 valence electrons. The van der Waals surface area contributed by atoms with Gasteiger partial charge in [0.15, 0.2) is 0 Å². The fourth-order valence-electron chi connectivity index (χ4n) is 2.92. The van der Waals surface area contributed by atoms with Crippen molar-refractivity contribution in [2.24, 2.45) is 5.73 Å². The maximum atomic E-state index is 13.2. The van der Waals surface area contributed by atoms with Crippen molar-refractivity contribution in [3.63, 3.8) is 0 Å². The molecule has 1 aromatic carbocycles. The minimum absolute atomic E-state index is 0.00190. The second-order valence-electron chi connectivity index (χ2n) is 5.20. The number of nitrogens with zero attached hydrogens (tertiary/aromatic N) is 1. The molecule has 0 unspecified atom stereocenters. The standard InChI is InChI=1S/C16H17FN2O/c17-14-6-4-12(13(8-14)9-18)10-19-15-3-1-2-11(15)5-7-16(19)20/h4-8H,1-3,9-10,18H2. The number of halogens is 1. The predicted molar refractivity (Wildman–Crippen MR) is 76.1 cm³/mol. The molecule has 2 N–H and O–H groups in total. The predicted octanol–water partition coefficient (Wildman–Crippen LogP) is 1.98. The molecule has 20 heavy (non-hydrogen) atoms. The lowest BCUT2D eigenvalue weighted by molar-refractivity contribution is 0.621. The molecule has 0 amide bonds. The highest BCUT2D eigenvalue weighted by molar-refractivity contribution is 5.31. The molecule has 0 saturated carbocycles. The average Bonchev–Trinajstić information content (AvgIpc) is 2.92. The first-order chi connectivity index (χ1) is 9.69. The second kappa shape index (κ2) is 5.21. The quantitative estimate of drug-likeness (QED) is 0.928. The van der Waals surface area contributed by atoms with E-state index in [4.69, 9.17) is 5.73 Å². The minimum atomic E-state index is -0.292. The third-order valence-electron chi connectivity index (χ3n) is 3.97. The third kappa shape index (κ3) is 2.27. The molecule has 1 aliphatic rings. The molecule has 1 aliphatic carbocycles. The minimum Gasteiger partial charge on any atom is -0.326 e. The van der Waals surface area contributed by atoms with Crippen LogP contribution in [0.1, 0.15) is 28.8 Å². The van der Waals surface area contributed by atoms with Crippen LogP contribution in [0.25, 0.3) is 0 Å². The van der Waals surface area contributed by atoms with E-state index in [2.05, 4.69) is 0 Å². The Bertz CT molecular complexity index is 706. The normalized spacial score (nSPS) is 13.5. The van der Waals surface area contributed by atoms with Gasteiger partial charge in [0.25, 0.3) is 5.56 Å². The lowest BCUT2D eigenvalue weighted by Gasteiger charge is -2.14. The van der Waals surface area contributed by atoms with E-state index in [9.17, 15) is 9.18 Å². The highest BCUT2D eigenvalue weighted by Gasteiger charge is 2.16. The number of hydrogen-bond acceptors (Lipinski definition) is 2. The summed E-state index contributed by atoms with van der Waals surface area (Å²) in [6, 6.07) is 8.13. The third-order valence-corrected chi connectivity index (χ3v) is 3.97. The van der Waals surface area contributed by atoms with Gasteiger partial charge in [-0.2, -0.15) is 0 Å². The van der Waals surface area contributed by atoms with Crippen molar-refractivity contribution in [1.29, 1.82) is 0 Å². The number of benzene rings is 1. The lowest BCUT2D eigenvalue weighted by Crippen LogP contribution is -2.24. The molecule has 0 radical (unpaired) electrons. The first-order valence-electron chi connectivity index (χ1n) is 6.88. The van der Waals surface area contributed by atoms with Crippen molar-refractivity contribution in [1.82, 2.24) is 4.57 Å². The molecule has 0 aliphatic heterocycles. The van der Waals surface area contributed by atoms with Crippen LogP contribution in [0.3, 0.4) is 0 Å². The molecule has 0 fully saturated rings. The van der Waals surface area contributed by atoms with Crippen LogP contribution in [-0.2, 0) is 25.9 Å². The van der Waals surface area contributed by atoms with E-state index in [0.29, 0.717) is 6.54 Å². The zero-order chi connectivity index (χ0) is 14.1. The van der Waals surface area contributed by atoms with Gasteiger partial charge in [-0.1, -0.05) is 12.1 Å². The van der Waals surface area contributed by atoms with Crippen LogP contribution >= 0.6 is 0 Å². The Labute approximate surface area is 116 Å². The number of aromatic nitrogens is 1. The number of fused-ring (bicyclic) bond motifs is 1. The van der Waals surface area contributed by atoms with Gasteiger partial charge in [-0.15, -0.1) is 0 Å². The summed E-state index contributed by atoms with van der Waals surface area (Å²) in [5.41, 5.74) is 9.70. The number of hydrogen-bond donors (Lipinski definition) is 1. The fourth-order valence-corrected chi connectivity index (χ4v) is 2.92. The molecule has 1 heterocycles. The van der Waals surface area contributed by atoms with Crippen molar-refractivity contribution in [2.75, 3.05) is 0 Å². The summed E-state index contributed by atoms with van der Waals surface area (Å²) in [6.07, 6.45) is 3.05. The zero-order valence-corrected chi connectivity index (χ0v) is 11.2. The number of pyridine rings is 1. The van der Waals surface area contributed by atoms with Gasteiger partial charge in [-0.25, -0.2) is 4.39 Å². The van der Waals surface area contributed by atoms with E-state index in [1.165, 1.54) is 17.7 Å². The second-order valence-corrected chi connectivity index (χ2v) is 5.20. The summed E-state index contributed by atoms with van der Waals surface area (Å²) >= 11 is 0. The number of rotatable bonds is 3. The number of aryl methyl sites for hydroxylation is 1. The molecule has 4 heteroatoms. The van der Waals surface area contributed by atoms with Gasteiger partial charge in [-0.3, -0.25) is 4.79 Å². The zero-order valence-electron chi connectivity index (χ0n) is 11.2. The monoisotopic (exact) mass is 272 g/mol. The van der Waals surface area contributed by atoms with Gasteiger partial charge >= 0.3 is 0 Å². The average molecular weight is 272 g/mol.